The van der Waals surface area contributed by atoms with Crippen LogP contribution in [0.3, 0.4) is 0 Å². The molecule has 0 spiro atoms. The summed E-state index contributed by atoms with van der Waals surface area (Å²) in [7, 11) is 1.55. The lowest BCUT2D eigenvalue weighted by Crippen LogP contribution is -2.33. The van der Waals surface area contributed by atoms with Crippen molar-refractivity contribution in [2.24, 2.45) is 0 Å². The number of benzene rings is 2. The summed E-state index contributed by atoms with van der Waals surface area (Å²) >= 11 is 0. The van der Waals surface area contributed by atoms with Crippen LogP contribution in [0, 0.1) is 6.92 Å². The van der Waals surface area contributed by atoms with E-state index in [1.165, 1.54) is 0 Å². The zero-order valence-electron chi connectivity index (χ0n) is 18.4. The number of pyridine rings is 1. The van der Waals surface area contributed by atoms with Crippen molar-refractivity contribution in [2.45, 2.75) is 13.5 Å². The molecule has 4 rings (SSSR count). The maximum absolute atomic E-state index is 12.4. The van der Waals surface area contributed by atoms with E-state index < -0.39 is 0 Å². The van der Waals surface area contributed by atoms with Crippen LogP contribution in [-0.4, -0.2) is 34.9 Å². The molecule has 2 amide bonds. The van der Waals surface area contributed by atoms with Crippen LogP contribution in [0.4, 0.5) is 5.69 Å². The van der Waals surface area contributed by atoms with Gasteiger partial charge in [0.25, 0.3) is 5.91 Å². The number of aryl methyl sites for hydroxylation is 1. The number of amides is 2. The van der Waals surface area contributed by atoms with E-state index in [-0.39, 0.29) is 25.0 Å². The molecule has 2 aromatic carbocycles. The molecule has 2 aromatic heterocycles. The summed E-state index contributed by atoms with van der Waals surface area (Å²) in [6.45, 7) is 1.93. The lowest BCUT2D eigenvalue weighted by atomic mass is 10.1. The zero-order valence-corrected chi connectivity index (χ0v) is 18.4. The van der Waals surface area contributed by atoms with Crippen molar-refractivity contribution in [3.63, 3.8) is 0 Å². The second kappa shape index (κ2) is 9.86. The van der Waals surface area contributed by atoms with E-state index in [1.807, 2.05) is 54.0 Å². The minimum absolute atomic E-state index is 0.156. The summed E-state index contributed by atoms with van der Waals surface area (Å²) < 4.78 is 13.2. The molecule has 2 N–H and O–H groups in total. The number of carbonyl (C=O) groups is 2. The van der Waals surface area contributed by atoms with E-state index in [9.17, 15) is 9.59 Å². The number of anilines is 1. The van der Waals surface area contributed by atoms with Crippen LogP contribution in [0.5, 0.6) is 11.5 Å². The first kappa shape index (κ1) is 21.9. The van der Waals surface area contributed by atoms with Crippen molar-refractivity contribution in [1.29, 1.82) is 0 Å². The van der Waals surface area contributed by atoms with Crippen LogP contribution < -0.4 is 20.1 Å². The van der Waals surface area contributed by atoms with E-state index in [0.29, 0.717) is 22.7 Å². The van der Waals surface area contributed by atoms with Gasteiger partial charge in [0.2, 0.25) is 5.91 Å². The van der Waals surface area contributed by atoms with Gasteiger partial charge in [0.05, 0.1) is 19.3 Å². The van der Waals surface area contributed by atoms with Crippen LogP contribution in [0.2, 0.25) is 0 Å². The molecule has 0 aliphatic rings. The smallest absolute Gasteiger partial charge is 0.251 e. The molecule has 0 bridgehead atoms. The van der Waals surface area contributed by atoms with Gasteiger partial charge in [0.1, 0.15) is 12.3 Å². The van der Waals surface area contributed by atoms with Gasteiger partial charge >= 0.3 is 0 Å². The fourth-order valence-electron chi connectivity index (χ4n) is 3.36. The Morgan fingerprint density at radius 2 is 1.85 bits per heavy atom. The molecule has 0 unspecified atom stereocenters. The van der Waals surface area contributed by atoms with Gasteiger partial charge in [-0.25, -0.2) is 4.98 Å². The predicted octanol–water partition coefficient (Wildman–Crippen LogP) is 3.60. The van der Waals surface area contributed by atoms with Crippen LogP contribution in [0.15, 0.2) is 73.1 Å². The normalized spacial score (nSPS) is 10.6. The lowest BCUT2D eigenvalue weighted by Gasteiger charge is -2.13. The van der Waals surface area contributed by atoms with Gasteiger partial charge in [-0.05, 0) is 42.8 Å². The highest BCUT2D eigenvalue weighted by molar-refractivity contribution is 6.00. The van der Waals surface area contributed by atoms with E-state index >= 15 is 0 Å². The molecular formula is C25H24N4O4. The Morgan fingerprint density at radius 1 is 1.03 bits per heavy atom. The maximum atomic E-state index is 12.4. The molecule has 168 valence electrons. The molecule has 2 heterocycles. The van der Waals surface area contributed by atoms with Crippen LogP contribution in [-0.2, 0) is 11.4 Å². The molecule has 0 atom stereocenters. The monoisotopic (exact) mass is 444 g/mol. The fourth-order valence-corrected chi connectivity index (χ4v) is 3.36. The molecule has 0 saturated heterocycles. The average molecular weight is 444 g/mol. The Labute approximate surface area is 191 Å². The number of aromatic nitrogens is 2. The summed E-state index contributed by atoms with van der Waals surface area (Å²) in [4.78, 5) is 29.2. The Bertz CT molecular complexity index is 1270. The predicted molar refractivity (Wildman–Crippen MR) is 125 cm³/mol. The van der Waals surface area contributed by atoms with Crippen molar-refractivity contribution in [1.82, 2.24) is 14.7 Å². The summed E-state index contributed by atoms with van der Waals surface area (Å²) in [5, 5.41) is 5.40. The summed E-state index contributed by atoms with van der Waals surface area (Å²) in [6.07, 6.45) is 3.81. The van der Waals surface area contributed by atoms with E-state index in [2.05, 4.69) is 15.6 Å². The Morgan fingerprint density at radius 3 is 2.64 bits per heavy atom. The van der Waals surface area contributed by atoms with Gasteiger partial charge in [0.15, 0.2) is 11.5 Å². The lowest BCUT2D eigenvalue weighted by molar-refractivity contribution is -0.115. The summed E-state index contributed by atoms with van der Waals surface area (Å²) in [5.41, 5.74) is 3.50. The van der Waals surface area contributed by atoms with E-state index in [4.69, 9.17) is 9.47 Å². The van der Waals surface area contributed by atoms with Gasteiger partial charge in [-0.3, -0.25) is 9.59 Å². The molecule has 0 saturated carbocycles. The highest BCUT2D eigenvalue weighted by atomic mass is 16.5. The maximum Gasteiger partial charge on any atom is 0.251 e. The number of rotatable bonds is 8. The minimum Gasteiger partial charge on any atom is -0.493 e. The third-order valence-corrected chi connectivity index (χ3v) is 5.04. The molecule has 0 radical (unpaired) electrons. The highest BCUT2D eigenvalue weighted by Crippen LogP contribution is 2.31. The Balaban J connectivity index is 1.37. The minimum atomic E-state index is -0.353. The molecule has 8 heteroatoms. The molecule has 4 aromatic rings. The Kier molecular flexibility index (Phi) is 6.54. The molecule has 0 aliphatic heterocycles. The second-order valence-corrected chi connectivity index (χ2v) is 7.40. The zero-order chi connectivity index (χ0) is 23.2. The number of carbonyl (C=O) groups excluding carboxylic acids is 2. The third kappa shape index (κ3) is 5.30. The number of hydrogen-bond donors (Lipinski definition) is 2. The van der Waals surface area contributed by atoms with E-state index in [1.54, 1.807) is 37.4 Å². The number of ether oxygens (including phenoxy) is 2. The number of nitrogens with one attached hydrogen (secondary N) is 2. The summed E-state index contributed by atoms with van der Waals surface area (Å²) in [5.74, 6) is 0.351. The molecular weight excluding hydrogens is 420 g/mol. The topological polar surface area (TPSA) is 94.0 Å². The number of imidazole rings is 1. The first-order valence-electron chi connectivity index (χ1n) is 10.4. The third-order valence-electron chi connectivity index (χ3n) is 5.04. The number of hydrogen-bond acceptors (Lipinski definition) is 5. The first-order valence-corrected chi connectivity index (χ1v) is 10.4. The second-order valence-electron chi connectivity index (χ2n) is 7.40. The molecule has 0 fully saturated rings. The van der Waals surface area contributed by atoms with Crippen LogP contribution >= 0.6 is 0 Å². The molecule has 0 aliphatic carbocycles. The fraction of sp³-hybridized carbons (Fsp3) is 0.160. The highest BCUT2D eigenvalue weighted by Gasteiger charge is 2.12. The average Bonchev–Trinajstić information content (AvgIpc) is 3.25. The molecule has 33 heavy (non-hydrogen) atoms. The van der Waals surface area contributed by atoms with Crippen LogP contribution in [0.25, 0.3) is 5.65 Å². The van der Waals surface area contributed by atoms with Crippen molar-refractivity contribution in [3.05, 3.63) is 89.9 Å². The van der Waals surface area contributed by atoms with Crippen LogP contribution in [0.1, 0.15) is 21.6 Å². The largest absolute Gasteiger partial charge is 0.493 e. The van der Waals surface area contributed by atoms with E-state index in [0.717, 1.165) is 16.9 Å². The van der Waals surface area contributed by atoms with Gasteiger partial charge in [-0.1, -0.05) is 24.3 Å². The SMILES string of the molecule is COc1ccc(NC(=O)CNC(=O)c2ccccc2C)cc1OCc1cn2ccccc2n1. The van der Waals surface area contributed by atoms with Gasteiger partial charge in [0, 0.05) is 29.7 Å². The van der Waals surface area contributed by atoms with Crippen molar-refractivity contribution < 1.29 is 19.1 Å². The quantitative estimate of drug-likeness (QED) is 0.433. The van der Waals surface area contributed by atoms with Crippen molar-refractivity contribution in [2.75, 3.05) is 19.0 Å². The van der Waals surface area contributed by atoms with Crippen molar-refractivity contribution in [3.8, 4) is 11.5 Å². The molecule has 8 nitrogen and oxygen atoms in total. The number of nitrogens with zero attached hydrogens (tertiary/aromatic N) is 2. The van der Waals surface area contributed by atoms with Gasteiger partial charge in [-0.2, -0.15) is 0 Å². The standard InChI is InChI=1S/C25H24N4O4/c1-17-7-3-4-8-20(17)25(31)26-14-24(30)28-18-10-11-21(32-2)22(13-18)33-16-19-15-29-12-6-5-9-23(29)27-19/h3-13,15H,14,16H2,1-2H3,(H,26,31)(H,28,30). The van der Waals surface area contributed by atoms with Crippen molar-refractivity contribution >= 4 is 23.1 Å². The Hall–Kier alpha value is -4.33. The summed E-state index contributed by atoms with van der Waals surface area (Å²) in [6, 6.07) is 18.1. The number of methoxy groups -OCH3 is 1. The van der Waals surface area contributed by atoms with Gasteiger partial charge < -0.3 is 24.5 Å². The first-order chi connectivity index (χ1) is 16.0. The van der Waals surface area contributed by atoms with Gasteiger partial charge in [-0.15, -0.1) is 0 Å². The number of fused-ring (bicyclic) bond motifs is 1.